The molecule has 1 saturated heterocycles. The van der Waals surface area contributed by atoms with E-state index in [2.05, 4.69) is 5.32 Å². The molecule has 1 N–H and O–H groups in total. The second-order valence-corrected chi connectivity index (χ2v) is 7.68. The first-order valence-corrected chi connectivity index (χ1v) is 9.68. The fourth-order valence-electron chi connectivity index (χ4n) is 3.82. The van der Waals surface area contributed by atoms with Crippen LogP contribution in [0.2, 0.25) is 0 Å². The van der Waals surface area contributed by atoms with Crippen molar-refractivity contribution in [3.8, 4) is 0 Å². The molecule has 0 aromatic heterocycles. The summed E-state index contributed by atoms with van der Waals surface area (Å²) in [6.07, 6.45) is -8.45. The van der Waals surface area contributed by atoms with E-state index in [1.54, 1.807) is 0 Å². The highest BCUT2D eigenvalue weighted by Crippen LogP contribution is 2.38. The Balaban J connectivity index is 1.84. The van der Waals surface area contributed by atoms with Gasteiger partial charge in [-0.05, 0) is 42.2 Å². The molecule has 1 aliphatic heterocycles. The average Bonchev–Trinajstić information content (AvgIpc) is 2.89. The lowest BCUT2D eigenvalue weighted by atomic mass is 9.75. The smallest absolute Gasteiger partial charge is 0.376 e. The summed E-state index contributed by atoms with van der Waals surface area (Å²) < 4.78 is 84.0. The lowest BCUT2D eigenvalue weighted by Gasteiger charge is -2.32. The van der Waals surface area contributed by atoms with Gasteiger partial charge in [-0.2, -0.15) is 26.3 Å². The molecule has 0 radical (unpaired) electrons. The third kappa shape index (κ3) is 5.78. The number of rotatable bonds is 5. The van der Waals surface area contributed by atoms with E-state index in [0.717, 1.165) is 5.56 Å². The normalized spacial score (nSPS) is 20.3. The third-order valence-electron chi connectivity index (χ3n) is 5.33. The van der Waals surface area contributed by atoms with Gasteiger partial charge in [0, 0.05) is 18.4 Å². The monoisotopic (exact) mass is 445 g/mol. The van der Waals surface area contributed by atoms with Crippen LogP contribution in [0.3, 0.4) is 0 Å². The fourth-order valence-corrected chi connectivity index (χ4v) is 3.82. The molecule has 0 spiro atoms. The summed E-state index contributed by atoms with van der Waals surface area (Å²) in [7, 11) is 0. The molecule has 168 valence electrons. The number of nitrogens with one attached hydrogen (secondary N) is 1. The molecule has 1 fully saturated rings. The number of hydrogen-bond acceptors (Lipinski definition) is 2. The number of alkyl halides is 6. The summed E-state index contributed by atoms with van der Waals surface area (Å²) in [6, 6.07) is 10.5. The van der Waals surface area contributed by atoms with Crippen molar-refractivity contribution in [1.82, 2.24) is 5.32 Å². The van der Waals surface area contributed by atoms with E-state index in [0.29, 0.717) is 31.5 Å². The Bertz CT molecular complexity index is 878. The van der Waals surface area contributed by atoms with Gasteiger partial charge in [0.2, 0.25) is 5.91 Å². The minimum atomic E-state index is -4.92. The fraction of sp³-hybridized carbons (Fsp3) is 0.409. The molecule has 1 heterocycles. The predicted octanol–water partition coefficient (Wildman–Crippen LogP) is 5.48. The van der Waals surface area contributed by atoms with E-state index in [4.69, 9.17) is 4.74 Å². The number of carbonyl (C=O) groups excluding carboxylic acids is 1. The van der Waals surface area contributed by atoms with Gasteiger partial charge in [-0.15, -0.1) is 0 Å². The largest absolute Gasteiger partial charge is 0.416 e. The zero-order valence-electron chi connectivity index (χ0n) is 16.4. The van der Waals surface area contributed by atoms with Crippen LogP contribution in [0, 0.1) is 0 Å². The minimum absolute atomic E-state index is 0.0119. The van der Waals surface area contributed by atoms with E-state index >= 15 is 0 Å². The quantitative estimate of drug-likeness (QED) is 0.619. The predicted molar refractivity (Wildman–Crippen MR) is 101 cm³/mol. The molecule has 3 rings (SSSR count). The summed E-state index contributed by atoms with van der Waals surface area (Å²) in [5, 5.41) is 2.78. The molecule has 0 aliphatic carbocycles. The summed E-state index contributed by atoms with van der Waals surface area (Å²) in [5.41, 5.74) is -2.87. The molecule has 31 heavy (non-hydrogen) atoms. The minimum Gasteiger partial charge on any atom is -0.376 e. The van der Waals surface area contributed by atoms with Gasteiger partial charge < -0.3 is 10.1 Å². The molecule has 9 heteroatoms. The molecule has 2 aromatic carbocycles. The topological polar surface area (TPSA) is 38.3 Å². The highest BCUT2D eigenvalue weighted by atomic mass is 19.4. The van der Waals surface area contributed by atoms with Gasteiger partial charge in [0.1, 0.15) is 0 Å². The lowest BCUT2D eigenvalue weighted by molar-refractivity contribution is -0.143. The molecule has 2 aromatic rings. The Hall–Kier alpha value is -2.55. The zero-order chi connectivity index (χ0) is 22.7. The third-order valence-corrected chi connectivity index (χ3v) is 5.33. The van der Waals surface area contributed by atoms with Gasteiger partial charge in [-0.3, -0.25) is 4.79 Å². The SMILES string of the molecule is O=C1C[C@](COCc2cc(C(F)(F)F)cc(C(F)(F)F)c2)(c2ccccc2)CCCN1. The van der Waals surface area contributed by atoms with Gasteiger partial charge in [0.25, 0.3) is 0 Å². The van der Waals surface area contributed by atoms with E-state index in [9.17, 15) is 31.1 Å². The molecule has 1 aliphatic rings. The maximum Gasteiger partial charge on any atom is 0.416 e. The number of ether oxygens (including phenoxy) is 1. The Morgan fingerprint density at radius 3 is 2.13 bits per heavy atom. The Morgan fingerprint density at radius 1 is 0.935 bits per heavy atom. The number of halogens is 6. The summed E-state index contributed by atoms with van der Waals surface area (Å²) >= 11 is 0. The van der Waals surface area contributed by atoms with E-state index in [1.807, 2.05) is 30.3 Å². The second kappa shape index (κ2) is 8.90. The summed E-state index contributed by atoms with van der Waals surface area (Å²) in [6.45, 7) is 0.0429. The van der Waals surface area contributed by atoms with Crippen molar-refractivity contribution in [3.05, 3.63) is 70.8 Å². The van der Waals surface area contributed by atoms with Crippen molar-refractivity contribution >= 4 is 5.91 Å². The Morgan fingerprint density at radius 2 is 1.55 bits per heavy atom. The molecular weight excluding hydrogens is 424 g/mol. The molecule has 0 bridgehead atoms. The number of amides is 1. The molecule has 0 saturated carbocycles. The van der Waals surface area contributed by atoms with Crippen LogP contribution in [0.4, 0.5) is 26.3 Å². The Labute approximate surface area is 175 Å². The number of hydrogen-bond donors (Lipinski definition) is 1. The zero-order valence-corrected chi connectivity index (χ0v) is 16.4. The standard InChI is InChI=1S/C22H21F6NO2/c23-21(24,25)17-9-15(10-18(11-17)22(26,27)28)13-31-14-20(16-5-2-1-3-6-16)7-4-8-29-19(30)12-20/h1-3,5-6,9-11H,4,7-8,12-14H2,(H,29,30)/t20-/m1/s1. The van der Waals surface area contributed by atoms with Crippen molar-refractivity contribution < 1.29 is 35.9 Å². The van der Waals surface area contributed by atoms with Crippen molar-refractivity contribution in [2.24, 2.45) is 0 Å². The molecular formula is C22H21F6NO2. The van der Waals surface area contributed by atoms with Crippen LogP contribution in [0.1, 0.15) is 41.5 Å². The summed E-state index contributed by atoms with van der Waals surface area (Å²) in [5.74, 6) is -0.177. The van der Waals surface area contributed by atoms with Crippen LogP contribution in [0.25, 0.3) is 0 Å². The molecule has 0 unspecified atom stereocenters. The van der Waals surface area contributed by atoms with Gasteiger partial charge in [-0.25, -0.2) is 0 Å². The number of carbonyl (C=O) groups is 1. The van der Waals surface area contributed by atoms with Gasteiger partial charge in [0.05, 0.1) is 24.3 Å². The molecule has 1 amide bonds. The first-order valence-electron chi connectivity index (χ1n) is 9.68. The Kier molecular flexibility index (Phi) is 6.64. The number of benzene rings is 2. The van der Waals surface area contributed by atoms with Crippen LogP contribution < -0.4 is 5.32 Å². The van der Waals surface area contributed by atoms with Crippen LogP contribution in [-0.4, -0.2) is 19.1 Å². The van der Waals surface area contributed by atoms with Crippen molar-refractivity contribution in [3.63, 3.8) is 0 Å². The highest BCUT2D eigenvalue weighted by Gasteiger charge is 2.38. The van der Waals surface area contributed by atoms with Crippen molar-refractivity contribution in [2.75, 3.05) is 13.2 Å². The van der Waals surface area contributed by atoms with Crippen LogP contribution in [0.15, 0.2) is 48.5 Å². The maximum absolute atomic E-state index is 13.1. The maximum atomic E-state index is 13.1. The first kappa shape index (κ1) is 23.1. The summed E-state index contributed by atoms with van der Waals surface area (Å²) in [4.78, 5) is 12.2. The molecule has 1 atom stereocenters. The van der Waals surface area contributed by atoms with E-state index in [1.165, 1.54) is 0 Å². The van der Waals surface area contributed by atoms with E-state index in [-0.39, 0.29) is 30.6 Å². The average molecular weight is 445 g/mol. The highest BCUT2D eigenvalue weighted by molar-refractivity contribution is 5.78. The van der Waals surface area contributed by atoms with Crippen molar-refractivity contribution in [1.29, 1.82) is 0 Å². The first-order chi connectivity index (χ1) is 14.5. The van der Waals surface area contributed by atoms with Crippen LogP contribution >= 0.6 is 0 Å². The van der Waals surface area contributed by atoms with Crippen molar-refractivity contribution in [2.45, 2.75) is 43.6 Å². The molecule has 3 nitrogen and oxygen atoms in total. The van der Waals surface area contributed by atoms with Crippen LogP contribution in [-0.2, 0) is 33.9 Å². The second-order valence-electron chi connectivity index (χ2n) is 7.68. The lowest BCUT2D eigenvalue weighted by Crippen LogP contribution is -2.35. The van der Waals surface area contributed by atoms with E-state index < -0.39 is 35.5 Å². The van der Waals surface area contributed by atoms with Gasteiger partial charge in [-0.1, -0.05) is 30.3 Å². The van der Waals surface area contributed by atoms with Gasteiger partial charge >= 0.3 is 12.4 Å². The van der Waals surface area contributed by atoms with Crippen LogP contribution in [0.5, 0.6) is 0 Å². The van der Waals surface area contributed by atoms with Gasteiger partial charge in [0.15, 0.2) is 0 Å².